The Morgan fingerprint density at radius 1 is 1.13 bits per heavy atom. The summed E-state index contributed by atoms with van der Waals surface area (Å²) in [5, 5.41) is 3.59. The van der Waals surface area contributed by atoms with Crippen LogP contribution < -0.4 is 9.62 Å². The largest absolute Gasteiger partial charge is 0.349 e. The van der Waals surface area contributed by atoms with Crippen molar-refractivity contribution in [3.63, 3.8) is 0 Å². The van der Waals surface area contributed by atoms with Crippen molar-refractivity contribution >= 4 is 33.2 Å². The molecule has 164 valence electrons. The van der Waals surface area contributed by atoms with Crippen LogP contribution in [0.4, 0.5) is 5.69 Å². The third-order valence-electron chi connectivity index (χ3n) is 5.35. The second kappa shape index (κ2) is 10.3. The van der Waals surface area contributed by atoms with E-state index >= 15 is 0 Å². The van der Waals surface area contributed by atoms with Crippen LogP contribution in [0.1, 0.15) is 54.5 Å². The van der Waals surface area contributed by atoms with Crippen molar-refractivity contribution in [2.45, 2.75) is 53.0 Å². The van der Waals surface area contributed by atoms with Gasteiger partial charge in [-0.1, -0.05) is 42.8 Å². The van der Waals surface area contributed by atoms with Crippen LogP contribution in [0.5, 0.6) is 0 Å². The van der Waals surface area contributed by atoms with E-state index in [0.717, 1.165) is 12.0 Å². The molecule has 0 radical (unpaired) electrons. The summed E-state index contributed by atoms with van der Waals surface area (Å²) >= 11 is 6.16. The molecule has 0 spiro atoms. The molecule has 30 heavy (non-hydrogen) atoms. The maximum atomic E-state index is 12.5. The molecule has 2 aromatic rings. The van der Waals surface area contributed by atoms with Gasteiger partial charge in [-0.2, -0.15) is 0 Å². The van der Waals surface area contributed by atoms with E-state index in [1.54, 1.807) is 25.1 Å². The number of hydrogen-bond donors (Lipinski definition) is 1. The molecule has 5 nitrogen and oxygen atoms in total. The van der Waals surface area contributed by atoms with Crippen molar-refractivity contribution in [1.82, 2.24) is 5.32 Å². The van der Waals surface area contributed by atoms with Gasteiger partial charge in [-0.05, 0) is 68.0 Å². The van der Waals surface area contributed by atoms with Crippen molar-refractivity contribution in [3.05, 3.63) is 63.7 Å². The molecule has 0 aliphatic rings. The summed E-state index contributed by atoms with van der Waals surface area (Å²) in [7, 11) is -3.49. The lowest BCUT2D eigenvalue weighted by Gasteiger charge is -2.25. The molecule has 1 atom stereocenters. The topological polar surface area (TPSA) is 66.5 Å². The van der Waals surface area contributed by atoms with Gasteiger partial charge in [-0.25, -0.2) is 8.42 Å². The quantitative estimate of drug-likeness (QED) is 0.579. The summed E-state index contributed by atoms with van der Waals surface area (Å²) < 4.78 is 26.0. The number of hydrogen-bond acceptors (Lipinski definition) is 3. The Balaban J connectivity index is 2.03. The molecule has 0 bridgehead atoms. The van der Waals surface area contributed by atoms with Crippen LogP contribution in [0.3, 0.4) is 0 Å². The first-order valence-electron chi connectivity index (χ1n) is 10.1. The summed E-state index contributed by atoms with van der Waals surface area (Å²) in [6.07, 6.45) is 2.60. The van der Waals surface area contributed by atoms with Crippen molar-refractivity contribution in [3.8, 4) is 0 Å². The van der Waals surface area contributed by atoms with Crippen LogP contribution in [0.2, 0.25) is 5.02 Å². The van der Waals surface area contributed by atoms with Crippen LogP contribution in [-0.2, 0) is 14.8 Å². The molecule has 0 fully saturated rings. The van der Waals surface area contributed by atoms with E-state index < -0.39 is 10.0 Å². The minimum atomic E-state index is -3.49. The highest BCUT2D eigenvalue weighted by molar-refractivity contribution is 7.92. The number of carbonyl (C=O) groups is 1. The van der Waals surface area contributed by atoms with E-state index in [2.05, 4.69) is 31.3 Å². The Morgan fingerprint density at radius 3 is 2.43 bits per heavy atom. The number of rotatable bonds is 9. The molecule has 2 rings (SSSR count). The first-order chi connectivity index (χ1) is 14.0. The summed E-state index contributed by atoms with van der Waals surface area (Å²) in [5.74, 6) is -0.0867. The molecule has 2 aromatic carbocycles. The molecular weight excluding hydrogens is 420 g/mol. The van der Waals surface area contributed by atoms with Crippen LogP contribution in [0.25, 0.3) is 0 Å². The lowest BCUT2D eigenvalue weighted by molar-refractivity contribution is -0.121. The zero-order valence-corrected chi connectivity index (χ0v) is 19.9. The molecule has 0 aromatic heterocycles. The molecule has 0 saturated carbocycles. The third kappa shape index (κ3) is 6.22. The Morgan fingerprint density at radius 2 is 1.83 bits per heavy atom. The Labute approximate surface area is 185 Å². The predicted molar refractivity (Wildman–Crippen MR) is 125 cm³/mol. The number of anilines is 1. The molecule has 1 amide bonds. The third-order valence-corrected chi connectivity index (χ3v) is 6.94. The molecule has 0 saturated heterocycles. The second-order valence-electron chi connectivity index (χ2n) is 7.69. The number of amides is 1. The number of halogens is 1. The van der Waals surface area contributed by atoms with Gasteiger partial charge in [0.1, 0.15) is 0 Å². The van der Waals surface area contributed by atoms with E-state index in [9.17, 15) is 13.2 Å². The minimum absolute atomic E-state index is 0.0574. The van der Waals surface area contributed by atoms with Crippen molar-refractivity contribution < 1.29 is 13.2 Å². The van der Waals surface area contributed by atoms with Crippen LogP contribution >= 0.6 is 11.6 Å². The van der Waals surface area contributed by atoms with Gasteiger partial charge in [0.25, 0.3) is 0 Å². The zero-order chi connectivity index (χ0) is 22.5. The lowest BCUT2D eigenvalue weighted by Crippen LogP contribution is -2.33. The molecule has 0 aliphatic carbocycles. The van der Waals surface area contributed by atoms with Gasteiger partial charge >= 0.3 is 0 Å². The zero-order valence-electron chi connectivity index (χ0n) is 18.3. The van der Waals surface area contributed by atoms with Crippen molar-refractivity contribution in [2.75, 3.05) is 17.1 Å². The standard InChI is InChI=1S/C23H31ClN2O3S/c1-6-21(19-13-12-16(2)17(3)15-19)25-23(27)11-8-14-26(30(5,28)29)22-10-7-9-20(24)18(22)4/h7,9-10,12-13,15,21H,6,8,11,14H2,1-5H3,(H,25,27)/t21-/m0/s1. The van der Waals surface area contributed by atoms with E-state index in [1.807, 2.05) is 13.0 Å². The molecule has 0 aliphatic heterocycles. The van der Waals surface area contributed by atoms with Gasteiger partial charge in [0.05, 0.1) is 18.0 Å². The molecule has 7 heteroatoms. The van der Waals surface area contributed by atoms with Gasteiger partial charge in [0.2, 0.25) is 15.9 Å². The molecule has 1 N–H and O–H groups in total. The van der Waals surface area contributed by atoms with Crippen molar-refractivity contribution in [2.24, 2.45) is 0 Å². The average Bonchev–Trinajstić information content (AvgIpc) is 2.67. The SMILES string of the molecule is CC[C@H](NC(=O)CCCN(c1cccc(Cl)c1C)S(C)(=O)=O)c1ccc(C)c(C)c1. The summed E-state index contributed by atoms with van der Waals surface area (Å²) in [5.41, 5.74) is 4.75. The number of sulfonamides is 1. The maximum Gasteiger partial charge on any atom is 0.232 e. The number of carbonyl (C=O) groups excluding carboxylic acids is 1. The molecule has 0 heterocycles. The Kier molecular flexibility index (Phi) is 8.33. The Hall–Kier alpha value is -2.05. The summed E-state index contributed by atoms with van der Waals surface area (Å²) in [6.45, 7) is 8.16. The number of nitrogens with zero attached hydrogens (tertiary/aromatic N) is 1. The minimum Gasteiger partial charge on any atom is -0.349 e. The number of benzene rings is 2. The fourth-order valence-electron chi connectivity index (χ4n) is 3.38. The van der Waals surface area contributed by atoms with E-state index in [4.69, 9.17) is 11.6 Å². The summed E-state index contributed by atoms with van der Waals surface area (Å²) in [4.78, 5) is 12.5. The smallest absolute Gasteiger partial charge is 0.232 e. The fourth-order valence-corrected chi connectivity index (χ4v) is 4.57. The van der Waals surface area contributed by atoms with Gasteiger partial charge < -0.3 is 5.32 Å². The van der Waals surface area contributed by atoms with E-state index in [1.165, 1.54) is 21.7 Å². The summed E-state index contributed by atoms with van der Waals surface area (Å²) in [6, 6.07) is 11.3. The van der Waals surface area contributed by atoms with Gasteiger partial charge in [-0.15, -0.1) is 0 Å². The van der Waals surface area contributed by atoms with E-state index in [0.29, 0.717) is 22.7 Å². The second-order valence-corrected chi connectivity index (χ2v) is 10.0. The molecule has 0 unspecified atom stereocenters. The van der Waals surface area contributed by atoms with Crippen molar-refractivity contribution in [1.29, 1.82) is 0 Å². The lowest BCUT2D eigenvalue weighted by atomic mass is 9.99. The highest BCUT2D eigenvalue weighted by atomic mass is 35.5. The van der Waals surface area contributed by atoms with Crippen LogP contribution in [0, 0.1) is 20.8 Å². The molecular formula is C23H31ClN2O3S. The average molecular weight is 451 g/mol. The van der Waals surface area contributed by atoms with Gasteiger partial charge in [0, 0.05) is 18.0 Å². The highest BCUT2D eigenvalue weighted by Crippen LogP contribution is 2.28. The van der Waals surface area contributed by atoms with Gasteiger partial charge in [0.15, 0.2) is 0 Å². The van der Waals surface area contributed by atoms with Gasteiger partial charge in [-0.3, -0.25) is 9.10 Å². The maximum absolute atomic E-state index is 12.5. The monoisotopic (exact) mass is 450 g/mol. The fraction of sp³-hybridized carbons (Fsp3) is 0.435. The Bertz CT molecular complexity index is 1010. The number of aryl methyl sites for hydroxylation is 2. The normalized spacial score (nSPS) is 12.5. The van der Waals surface area contributed by atoms with E-state index in [-0.39, 0.29) is 24.9 Å². The highest BCUT2D eigenvalue weighted by Gasteiger charge is 2.21. The number of nitrogens with one attached hydrogen (secondary N) is 1. The first-order valence-corrected chi connectivity index (χ1v) is 12.4. The van der Waals surface area contributed by atoms with Crippen LogP contribution in [-0.4, -0.2) is 27.1 Å². The van der Waals surface area contributed by atoms with Crippen LogP contribution in [0.15, 0.2) is 36.4 Å². The first kappa shape index (κ1) is 24.2. The predicted octanol–water partition coefficient (Wildman–Crippen LogP) is 5.08.